The van der Waals surface area contributed by atoms with Crippen LogP contribution in [0.3, 0.4) is 0 Å². The molecule has 0 spiro atoms. The lowest BCUT2D eigenvalue weighted by molar-refractivity contribution is -0.122. The molecular formula is C18H17ClN2O. The topological polar surface area (TPSA) is 41.5 Å². The van der Waals surface area contributed by atoms with E-state index in [2.05, 4.69) is 22.7 Å². The SMILES string of the molecule is C/C(=N/NC(=O)[C@@H]1C[C@H]1c1ccccc1)c1ccccc1Cl. The van der Waals surface area contributed by atoms with Gasteiger partial charge in [0.25, 0.3) is 0 Å². The number of hydrogen-bond acceptors (Lipinski definition) is 2. The Hall–Kier alpha value is -2.13. The summed E-state index contributed by atoms with van der Waals surface area (Å²) in [6.45, 7) is 1.84. The molecule has 0 aliphatic heterocycles. The lowest BCUT2D eigenvalue weighted by Crippen LogP contribution is -2.21. The van der Waals surface area contributed by atoms with Crippen LogP contribution in [0.5, 0.6) is 0 Å². The smallest absolute Gasteiger partial charge is 0.243 e. The standard InChI is InChI=1S/C18H17ClN2O/c1-12(14-9-5-6-10-17(14)19)20-21-18(22)16-11-15(16)13-7-3-2-4-8-13/h2-10,15-16H,11H2,1H3,(H,21,22)/b20-12-/t15-,16+/m0/s1. The molecule has 1 saturated carbocycles. The third-order valence-electron chi connectivity index (χ3n) is 3.95. The highest BCUT2D eigenvalue weighted by atomic mass is 35.5. The molecule has 1 N–H and O–H groups in total. The van der Waals surface area contributed by atoms with Crippen LogP contribution in [0, 0.1) is 5.92 Å². The monoisotopic (exact) mass is 312 g/mol. The van der Waals surface area contributed by atoms with Gasteiger partial charge in [-0.3, -0.25) is 4.79 Å². The van der Waals surface area contributed by atoms with Crippen LogP contribution in [0.25, 0.3) is 0 Å². The maximum atomic E-state index is 12.2. The summed E-state index contributed by atoms with van der Waals surface area (Å²) in [6.07, 6.45) is 0.885. The number of hydrogen-bond donors (Lipinski definition) is 1. The highest BCUT2D eigenvalue weighted by Crippen LogP contribution is 2.47. The quantitative estimate of drug-likeness (QED) is 0.673. The van der Waals surface area contributed by atoms with Gasteiger partial charge in [0, 0.05) is 16.5 Å². The molecule has 22 heavy (non-hydrogen) atoms. The second kappa shape index (κ2) is 6.32. The number of benzene rings is 2. The van der Waals surface area contributed by atoms with Crippen molar-refractivity contribution in [1.29, 1.82) is 0 Å². The van der Waals surface area contributed by atoms with E-state index < -0.39 is 0 Å². The van der Waals surface area contributed by atoms with Crippen molar-refractivity contribution in [3.8, 4) is 0 Å². The van der Waals surface area contributed by atoms with Crippen molar-refractivity contribution in [3.63, 3.8) is 0 Å². The van der Waals surface area contributed by atoms with E-state index in [9.17, 15) is 4.79 Å². The molecule has 4 heteroatoms. The summed E-state index contributed by atoms with van der Waals surface area (Å²) in [5, 5.41) is 4.81. The number of halogens is 1. The van der Waals surface area contributed by atoms with Gasteiger partial charge in [0.15, 0.2) is 0 Å². The van der Waals surface area contributed by atoms with Crippen LogP contribution in [0.2, 0.25) is 5.02 Å². The fraction of sp³-hybridized carbons (Fsp3) is 0.222. The van der Waals surface area contributed by atoms with Crippen molar-refractivity contribution in [2.45, 2.75) is 19.3 Å². The molecule has 112 valence electrons. The molecule has 2 aromatic carbocycles. The van der Waals surface area contributed by atoms with Crippen LogP contribution >= 0.6 is 11.6 Å². The zero-order chi connectivity index (χ0) is 15.5. The van der Waals surface area contributed by atoms with Gasteiger partial charge in [-0.1, -0.05) is 60.1 Å². The van der Waals surface area contributed by atoms with Gasteiger partial charge in [0.1, 0.15) is 0 Å². The van der Waals surface area contributed by atoms with Crippen LogP contribution < -0.4 is 5.43 Å². The molecule has 0 heterocycles. The fourth-order valence-electron chi connectivity index (χ4n) is 2.59. The first kappa shape index (κ1) is 14.8. The maximum absolute atomic E-state index is 12.2. The molecule has 1 amide bonds. The molecule has 2 aromatic rings. The van der Waals surface area contributed by atoms with E-state index in [4.69, 9.17) is 11.6 Å². The predicted octanol–water partition coefficient (Wildman–Crippen LogP) is 3.98. The highest BCUT2D eigenvalue weighted by Gasteiger charge is 2.43. The van der Waals surface area contributed by atoms with E-state index in [0.29, 0.717) is 16.7 Å². The Kier molecular flexibility index (Phi) is 4.25. The van der Waals surface area contributed by atoms with Gasteiger partial charge in [-0.2, -0.15) is 5.10 Å². The van der Waals surface area contributed by atoms with Crippen molar-refractivity contribution < 1.29 is 4.79 Å². The summed E-state index contributed by atoms with van der Waals surface area (Å²) in [5.41, 5.74) is 5.42. The molecule has 3 nitrogen and oxygen atoms in total. The average molecular weight is 313 g/mol. The molecule has 1 aliphatic rings. The minimum absolute atomic E-state index is 0.0187. The third-order valence-corrected chi connectivity index (χ3v) is 4.28. The van der Waals surface area contributed by atoms with Crippen molar-refractivity contribution in [2.24, 2.45) is 11.0 Å². The molecule has 0 aromatic heterocycles. The Bertz CT molecular complexity index is 712. The van der Waals surface area contributed by atoms with Crippen molar-refractivity contribution in [3.05, 3.63) is 70.7 Å². The first-order valence-corrected chi connectivity index (χ1v) is 7.68. The van der Waals surface area contributed by atoms with Gasteiger partial charge < -0.3 is 0 Å². The molecule has 1 fully saturated rings. The van der Waals surface area contributed by atoms with Crippen LogP contribution in [-0.4, -0.2) is 11.6 Å². The molecule has 0 radical (unpaired) electrons. The number of nitrogens with zero attached hydrogens (tertiary/aromatic N) is 1. The number of hydrazone groups is 1. The molecule has 0 bridgehead atoms. The first-order valence-electron chi connectivity index (χ1n) is 7.31. The molecular weight excluding hydrogens is 296 g/mol. The lowest BCUT2D eigenvalue weighted by atomic mass is 10.1. The predicted molar refractivity (Wildman–Crippen MR) is 89.1 cm³/mol. The second-order valence-electron chi connectivity index (χ2n) is 5.51. The summed E-state index contributed by atoms with van der Waals surface area (Å²) >= 11 is 6.12. The molecule has 1 aliphatic carbocycles. The highest BCUT2D eigenvalue weighted by molar-refractivity contribution is 6.34. The zero-order valence-electron chi connectivity index (χ0n) is 12.3. The minimum Gasteiger partial charge on any atom is -0.273 e. The Morgan fingerprint density at radius 2 is 1.82 bits per heavy atom. The Labute approximate surface area is 135 Å². The van der Waals surface area contributed by atoms with Crippen molar-refractivity contribution >= 4 is 23.2 Å². The lowest BCUT2D eigenvalue weighted by Gasteiger charge is -2.04. The Morgan fingerprint density at radius 1 is 1.14 bits per heavy atom. The average Bonchev–Trinajstić information content (AvgIpc) is 3.34. The van der Waals surface area contributed by atoms with Gasteiger partial charge in [0.2, 0.25) is 5.91 Å². The number of nitrogens with one attached hydrogen (secondary N) is 1. The van der Waals surface area contributed by atoms with E-state index in [1.807, 2.05) is 49.4 Å². The largest absolute Gasteiger partial charge is 0.273 e. The Morgan fingerprint density at radius 3 is 2.55 bits per heavy atom. The van der Waals surface area contributed by atoms with Gasteiger partial charge >= 0.3 is 0 Å². The van der Waals surface area contributed by atoms with E-state index in [0.717, 1.165) is 12.0 Å². The minimum atomic E-state index is -0.0275. The van der Waals surface area contributed by atoms with E-state index in [-0.39, 0.29) is 11.8 Å². The second-order valence-corrected chi connectivity index (χ2v) is 5.92. The summed E-state index contributed by atoms with van der Waals surface area (Å²) in [6, 6.07) is 17.6. The van der Waals surface area contributed by atoms with Gasteiger partial charge in [0.05, 0.1) is 5.71 Å². The summed E-state index contributed by atoms with van der Waals surface area (Å²) in [7, 11) is 0. The summed E-state index contributed by atoms with van der Waals surface area (Å²) in [4.78, 5) is 12.2. The molecule has 0 saturated heterocycles. The van der Waals surface area contributed by atoms with Crippen LogP contribution in [0.15, 0.2) is 59.7 Å². The van der Waals surface area contributed by atoms with E-state index in [1.165, 1.54) is 5.56 Å². The van der Waals surface area contributed by atoms with Gasteiger partial charge in [-0.05, 0) is 30.9 Å². The molecule has 0 unspecified atom stereocenters. The summed E-state index contributed by atoms with van der Waals surface area (Å²) < 4.78 is 0. The Balaban J connectivity index is 1.62. The normalized spacial score (nSPS) is 20.5. The van der Waals surface area contributed by atoms with Crippen molar-refractivity contribution in [1.82, 2.24) is 5.43 Å². The number of rotatable bonds is 4. The molecule has 2 atom stereocenters. The van der Waals surface area contributed by atoms with E-state index >= 15 is 0 Å². The maximum Gasteiger partial charge on any atom is 0.243 e. The fourth-order valence-corrected chi connectivity index (χ4v) is 2.86. The molecule has 3 rings (SSSR count). The third kappa shape index (κ3) is 3.20. The zero-order valence-corrected chi connectivity index (χ0v) is 13.0. The van der Waals surface area contributed by atoms with Crippen LogP contribution in [-0.2, 0) is 4.79 Å². The van der Waals surface area contributed by atoms with Crippen LogP contribution in [0.1, 0.15) is 30.4 Å². The summed E-state index contributed by atoms with van der Waals surface area (Å²) in [5.74, 6) is 0.308. The van der Waals surface area contributed by atoms with Crippen LogP contribution in [0.4, 0.5) is 0 Å². The first-order chi connectivity index (χ1) is 10.7. The van der Waals surface area contributed by atoms with Gasteiger partial charge in [-0.25, -0.2) is 5.43 Å². The van der Waals surface area contributed by atoms with E-state index in [1.54, 1.807) is 0 Å². The van der Waals surface area contributed by atoms with Gasteiger partial charge in [-0.15, -0.1) is 0 Å². The number of carbonyl (C=O) groups excluding carboxylic acids is 1. The number of carbonyl (C=O) groups is 1. The van der Waals surface area contributed by atoms with Crippen molar-refractivity contribution in [2.75, 3.05) is 0 Å². The number of amides is 1.